The summed E-state index contributed by atoms with van der Waals surface area (Å²) < 4.78 is 21.1. The van der Waals surface area contributed by atoms with Crippen LogP contribution in [0.5, 0.6) is 46.0 Å². The summed E-state index contributed by atoms with van der Waals surface area (Å²) in [5.74, 6) is 1.04. The van der Waals surface area contributed by atoms with Gasteiger partial charge >= 0.3 is 0 Å². The standard InChI is InChI=1S/C39H49O4P.C38H47O4P/c1-31-35(37(41)39(43-3)38(42-2)36(31)40)29-21-10-8-6-4-5-7-9-11-22-30-44(32-23-15-12-16-24-32,33-25-17-13-18-26-33)34-27-19-14-20-28-34;1-30-34(36(40)38(42-3)37(41-2)35(30)39)28-20-9-7-5-4-6-8-10-21-29-43(31-22-14-11-15-23-31,32-24-16-12-17-25-32)33-26-18-13-19-27-33/h12-20,23-28H,4-11,21-22,29-30H2,1-3H3,(H-,40,41);11-19,22-27H,4-10,20-21,28-29H2,1-3H3,(H-,39,40)/p+2. The lowest BCUT2D eigenvalue weighted by Crippen LogP contribution is -2.33. The number of methoxy groups -OCH3 is 4. The van der Waals surface area contributed by atoms with E-state index in [-0.39, 0.29) is 46.0 Å². The van der Waals surface area contributed by atoms with Crippen molar-refractivity contribution in [3.8, 4) is 46.0 Å². The molecule has 0 radical (unpaired) electrons. The van der Waals surface area contributed by atoms with E-state index in [9.17, 15) is 20.4 Å². The molecule has 0 amide bonds. The second-order valence-electron chi connectivity index (χ2n) is 23.0. The number of rotatable bonds is 35. The first-order valence-electron chi connectivity index (χ1n) is 32.0. The summed E-state index contributed by atoms with van der Waals surface area (Å²) in [6, 6.07) is 67.2. The molecule has 8 aromatic rings. The highest BCUT2D eigenvalue weighted by atomic mass is 31.2. The summed E-state index contributed by atoms with van der Waals surface area (Å²) >= 11 is 0. The maximum atomic E-state index is 10.7. The third-order valence-corrected chi connectivity index (χ3v) is 26.6. The molecule has 0 atom stereocenters. The molecule has 10 heteroatoms. The molecule has 0 unspecified atom stereocenters. The van der Waals surface area contributed by atoms with Crippen molar-refractivity contribution in [1.82, 2.24) is 0 Å². The highest BCUT2D eigenvalue weighted by molar-refractivity contribution is 7.96. The van der Waals surface area contributed by atoms with Gasteiger partial charge < -0.3 is 39.4 Å². The van der Waals surface area contributed by atoms with E-state index < -0.39 is 14.5 Å². The van der Waals surface area contributed by atoms with Crippen LogP contribution in [0.4, 0.5) is 0 Å². The topological polar surface area (TPSA) is 118 Å². The van der Waals surface area contributed by atoms with E-state index in [1.54, 1.807) is 0 Å². The third kappa shape index (κ3) is 17.4. The van der Waals surface area contributed by atoms with Crippen LogP contribution in [0, 0.1) is 13.8 Å². The van der Waals surface area contributed by atoms with E-state index in [2.05, 4.69) is 182 Å². The summed E-state index contributed by atoms with van der Waals surface area (Å²) in [6.07, 6.45) is 26.8. The second-order valence-corrected chi connectivity index (χ2v) is 30.3. The summed E-state index contributed by atoms with van der Waals surface area (Å²) in [5.41, 5.74) is 2.82. The zero-order valence-electron chi connectivity index (χ0n) is 52.9. The Kier molecular flexibility index (Phi) is 27.7. The van der Waals surface area contributed by atoms with Gasteiger partial charge in [-0.05, 0) is 138 Å². The van der Waals surface area contributed by atoms with Gasteiger partial charge in [0.15, 0.2) is 23.0 Å². The molecular formula is C77H98O8P2+2. The van der Waals surface area contributed by atoms with E-state index in [1.807, 2.05) is 13.8 Å². The van der Waals surface area contributed by atoms with Gasteiger partial charge in [-0.15, -0.1) is 0 Å². The Morgan fingerprint density at radius 3 is 0.644 bits per heavy atom. The number of aromatic hydroxyl groups is 4. The van der Waals surface area contributed by atoms with Crippen LogP contribution < -0.4 is 50.8 Å². The SMILES string of the molecule is COc1c(O)c(C)c(CCCCCCCCCCCC[P+](c2ccccc2)(c2ccccc2)c2ccccc2)c(O)c1OC.COc1c(O)c(C)c(CCCCCCCCCCC[P+](c2ccccc2)(c2ccccc2)c2ccccc2)c(O)c1OC. The molecule has 87 heavy (non-hydrogen) atoms. The lowest BCUT2D eigenvalue weighted by Gasteiger charge is -2.27. The van der Waals surface area contributed by atoms with Crippen molar-refractivity contribution in [2.45, 2.75) is 149 Å². The van der Waals surface area contributed by atoms with E-state index in [0.29, 0.717) is 24.0 Å². The fourth-order valence-electron chi connectivity index (χ4n) is 12.8. The Hall–Kier alpha value is -6.98. The monoisotopic (exact) mass is 1210 g/mol. The minimum atomic E-state index is -1.72. The number of hydrogen-bond acceptors (Lipinski definition) is 8. The summed E-state index contributed by atoms with van der Waals surface area (Å²) in [6.45, 7) is 3.64. The van der Waals surface area contributed by atoms with Gasteiger partial charge in [0.1, 0.15) is 46.4 Å². The molecular weight excluding hydrogens is 1110 g/mol. The van der Waals surface area contributed by atoms with Gasteiger partial charge in [0, 0.05) is 22.3 Å². The fraction of sp³-hybridized carbons (Fsp3) is 0.377. The molecule has 0 heterocycles. The molecule has 0 aromatic heterocycles. The van der Waals surface area contributed by atoms with Crippen LogP contribution >= 0.6 is 14.5 Å². The normalized spacial score (nSPS) is 11.4. The molecule has 0 saturated carbocycles. The molecule has 0 aliphatic carbocycles. The van der Waals surface area contributed by atoms with Crippen LogP contribution in [0.15, 0.2) is 182 Å². The molecule has 8 nitrogen and oxygen atoms in total. The zero-order chi connectivity index (χ0) is 61.7. The number of benzene rings is 8. The number of phenols is 4. The van der Waals surface area contributed by atoms with Crippen molar-refractivity contribution in [3.05, 3.63) is 204 Å². The molecule has 8 rings (SSSR count). The smallest absolute Gasteiger partial charge is 0.207 e. The summed E-state index contributed by atoms with van der Waals surface area (Å²) in [7, 11) is 2.45. The first-order chi connectivity index (χ1) is 42.6. The minimum Gasteiger partial charge on any atom is -0.504 e. The lowest BCUT2D eigenvalue weighted by molar-refractivity contribution is 0.313. The molecule has 462 valence electrons. The molecule has 0 spiro atoms. The average molecular weight is 1210 g/mol. The van der Waals surface area contributed by atoms with Crippen molar-refractivity contribution in [2.24, 2.45) is 0 Å². The molecule has 0 aliphatic heterocycles. The second kappa shape index (κ2) is 35.7. The maximum absolute atomic E-state index is 10.7. The van der Waals surface area contributed by atoms with Crippen molar-refractivity contribution in [2.75, 3.05) is 40.8 Å². The Morgan fingerprint density at radius 2 is 0.437 bits per heavy atom. The number of ether oxygens (including phenoxy) is 4. The van der Waals surface area contributed by atoms with Crippen molar-refractivity contribution in [1.29, 1.82) is 0 Å². The summed E-state index contributed by atoms with van der Waals surface area (Å²) in [5, 5.41) is 51.2. The molecule has 0 fully saturated rings. The quantitative estimate of drug-likeness (QED) is 0.0176. The van der Waals surface area contributed by atoms with E-state index in [1.165, 1.54) is 169 Å². The average Bonchev–Trinajstić information content (AvgIpc) is 1.42. The number of unbranched alkanes of at least 4 members (excludes halogenated alkanes) is 17. The Labute approximate surface area is 522 Å². The Balaban J connectivity index is 0.000000249. The van der Waals surface area contributed by atoms with Gasteiger partial charge in [-0.2, -0.15) is 0 Å². The van der Waals surface area contributed by atoms with Crippen molar-refractivity contribution >= 4 is 46.4 Å². The van der Waals surface area contributed by atoms with Gasteiger partial charge in [0.25, 0.3) is 0 Å². The maximum Gasteiger partial charge on any atom is 0.207 e. The lowest BCUT2D eigenvalue weighted by atomic mass is 9.98. The number of phenolic OH excluding ortho intramolecular Hbond substituents is 4. The highest BCUT2D eigenvalue weighted by Crippen LogP contribution is 2.57. The van der Waals surface area contributed by atoms with Gasteiger partial charge in [-0.25, -0.2) is 0 Å². The van der Waals surface area contributed by atoms with Crippen molar-refractivity contribution < 1.29 is 39.4 Å². The predicted octanol–water partition coefficient (Wildman–Crippen LogP) is 17.3. The highest BCUT2D eigenvalue weighted by Gasteiger charge is 2.46. The van der Waals surface area contributed by atoms with Crippen LogP contribution in [-0.2, 0) is 12.8 Å². The van der Waals surface area contributed by atoms with E-state index >= 15 is 0 Å². The van der Waals surface area contributed by atoms with Gasteiger partial charge in [-0.1, -0.05) is 193 Å². The van der Waals surface area contributed by atoms with Crippen molar-refractivity contribution in [3.63, 3.8) is 0 Å². The number of hydrogen-bond donors (Lipinski definition) is 4. The first kappa shape index (κ1) is 67.5. The molecule has 0 aliphatic rings. The molecule has 4 N–H and O–H groups in total. The third-order valence-electron chi connectivity index (χ3n) is 17.5. The van der Waals surface area contributed by atoms with E-state index in [4.69, 9.17) is 18.9 Å². The molecule has 0 bridgehead atoms. The molecule has 0 saturated heterocycles. The van der Waals surface area contributed by atoms with Crippen LogP contribution in [-0.4, -0.2) is 61.2 Å². The fourth-order valence-corrected chi connectivity index (χ4v) is 21.6. The van der Waals surface area contributed by atoms with Crippen LogP contribution in [0.2, 0.25) is 0 Å². The predicted molar refractivity (Wildman–Crippen MR) is 370 cm³/mol. The van der Waals surface area contributed by atoms with E-state index in [0.717, 1.165) is 36.8 Å². The van der Waals surface area contributed by atoms with Gasteiger partial charge in [-0.3, -0.25) is 0 Å². The van der Waals surface area contributed by atoms with Crippen LogP contribution in [0.25, 0.3) is 0 Å². The van der Waals surface area contributed by atoms with Gasteiger partial charge in [0.2, 0.25) is 23.0 Å². The Morgan fingerprint density at radius 1 is 0.253 bits per heavy atom. The van der Waals surface area contributed by atoms with Crippen LogP contribution in [0.1, 0.15) is 144 Å². The minimum absolute atomic E-state index is 0.0443. The largest absolute Gasteiger partial charge is 0.504 e. The van der Waals surface area contributed by atoms with Crippen LogP contribution in [0.3, 0.4) is 0 Å². The van der Waals surface area contributed by atoms with Gasteiger partial charge in [0.05, 0.1) is 40.8 Å². The molecule has 8 aromatic carbocycles. The zero-order valence-corrected chi connectivity index (χ0v) is 54.7. The summed E-state index contributed by atoms with van der Waals surface area (Å²) in [4.78, 5) is 0. The Bertz CT molecular complexity index is 3040. The first-order valence-corrected chi connectivity index (χ1v) is 35.9.